The number of benzene rings is 2. The molecule has 0 bridgehead atoms. The number of carbonyl (C=O) groups excluding carboxylic acids is 1. The van der Waals surface area contributed by atoms with Crippen molar-refractivity contribution in [2.24, 2.45) is 0 Å². The van der Waals surface area contributed by atoms with Gasteiger partial charge in [-0.25, -0.2) is 0 Å². The van der Waals surface area contributed by atoms with Crippen LogP contribution in [0.5, 0.6) is 0 Å². The van der Waals surface area contributed by atoms with Gasteiger partial charge in [-0.3, -0.25) is 14.6 Å². The number of carbonyl (C=O) groups is 1. The molecule has 3 rings (SSSR count). The molecule has 0 radical (unpaired) electrons. The van der Waals surface area contributed by atoms with Gasteiger partial charge in [-0.05, 0) is 37.5 Å². The van der Waals surface area contributed by atoms with Crippen LogP contribution >= 0.6 is 0 Å². The first kappa shape index (κ1) is 18.6. The summed E-state index contributed by atoms with van der Waals surface area (Å²) >= 11 is 0. The second kappa shape index (κ2) is 8.47. The molecule has 2 aromatic carbocycles. The van der Waals surface area contributed by atoms with Gasteiger partial charge in [0, 0.05) is 38.4 Å². The maximum atomic E-state index is 12.4. The van der Waals surface area contributed by atoms with Gasteiger partial charge in [-0.1, -0.05) is 48.0 Å². The van der Waals surface area contributed by atoms with Crippen molar-refractivity contribution in [3.05, 3.63) is 64.7 Å². The largest absolute Gasteiger partial charge is 0.324 e. The van der Waals surface area contributed by atoms with Gasteiger partial charge in [0.15, 0.2) is 0 Å². The van der Waals surface area contributed by atoms with Gasteiger partial charge in [0.05, 0.1) is 6.54 Å². The van der Waals surface area contributed by atoms with Crippen molar-refractivity contribution in [3.8, 4) is 0 Å². The molecule has 138 valence electrons. The van der Waals surface area contributed by atoms with Gasteiger partial charge in [0.25, 0.3) is 0 Å². The summed E-state index contributed by atoms with van der Waals surface area (Å²) in [6.45, 7) is 11.5. The lowest BCUT2D eigenvalue weighted by Crippen LogP contribution is -2.48. The first-order chi connectivity index (χ1) is 12.5. The van der Waals surface area contributed by atoms with E-state index in [4.69, 9.17) is 0 Å². The summed E-state index contributed by atoms with van der Waals surface area (Å²) in [4.78, 5) is 17.1. The second-order valence-electron chi connectivity index (χ2n) is 7.35. The van der Waals surface area contributed by atoms with Crippen molar-refractivity contribution >= 4 is 11.6 Å². The van der Waals surface area contributed by atoms with Crippen LogP contribution in [0.25, 0.3) is 0 Å². The Kier molecular flexibility index (Phi) is 6.07. The second-order valence-corrected chi connectivity index (χ2v) is 7.35. The quantitative estimate of drug-likeness (QED) is 0.897. The Balaban J connectivity index is 1.46. The number of hydrogen-bond acceptors (Lipinski definition) is 3. The molecular formula is C22H29N3O. The van der Waals surface area contributed by atoms with Gasteiger partial charge in [-0.15, -0.1) is 0 Å². The van der Waals surface area contributed by atoms with Crippen molar-refractivity contribution in [2.75, 3.05) is 38.0 Å². The SMILES string of the molecule is Cc1ccc(CN2CCN(CC(=O)Nc3c(C)cccc3C)CC2)cc1. The third-order valence-corrected chi connectivity index (χ3v) is 5.10. The Bertz CT molecular complexity index is 726. The number of anilines is 1. The number of aryl methyl sites for hydroxylation is 3. The molecule has 1 N–H and O–H groups in total. The maximum absolute atomic E-state index is 12.4. The normalized spacial score (nSPS) is 15.8. The van der Waals surface area contributed by atoms with Crippen molar-refractivity contribution in [1.82, 2.24) is 9.80 Å². The van der Waals surface area contributed by atoms with E-state index in [0.717, 1.165) is 49.5 Å². The van der Waals surface area contributed by atoms with Gasteiger partial charge in [0.2, 0.25) is 5.91 Å². The molecule has 0 spiro atoms. The minimum Gasteiger partial charge on any atom is -0.324 e. The summed E-state index contributed by atoms with van der Waals surface area (Å²) in [6, 6.07) is 14.8. The first-order valence-electron chi connectivity index (χ1n) is 9.37. The highest BCUT2D eigenvalue weighted by atomic mass is 16.2. The molecule has 1 fully saturated rings. The molecule has 1 heterocycles. The van der Waals surface area contributed by atoms with Crippen LogP contribution in [-0.2, 0) is 11.3 Å². The van der Waals surface area contributed by atoms with Crippen LogP contribution in [0.15, 0.2) is 42.5 Å². The van der Waals surface area contributed by atoms with E-state index in [-0.39, 0.29) is 5.91 Å². The summed E-state index contributed by atoms with van der Waals surface area (Å²) in [7, 11) is 0. The molecule has 2 aromatic rings. The fraction of sp³-hybridized carbons (Fsp3) is 0.409. The van der Waals surface area contributed by atoms with Crippen LogP contribution in [0, 0.1) is 20.8 Å². The summed E-state index contributed by atoms with van der Waals surface area (Å²) < 4.78 is 0. The number of hydrogen-bond donors (Lipinski definition) is 1. The third-order valence-electron chi connectivity index (χ3n) is 5.10. The zero-order valence-electron chi connectivity index (χ0n) is 16.1. The molecule has 4 nitrogen and oxygen atoms in total. The monoisotopic (exact) mass is 351 g/mol. The summed E-state index contributed by atoms with van der Waals surface area (Å²) in [6.07, 6.45) is 0. The highest BCUT2D eigenvalue weighted by Crippen LogP contribution is 2.19. The van der Waals surface area contributed by atoms with Crippen LogP contribution in [0.1, 0.15) is 22.3 Å². The van der Waals surface area contributed by atoms with Crippen LogP contribution in [-0.4, -0.2) is 48.4 Å². The average Bonchev–Trinajstić information content (AvgIpc) is 2.62. The maximum Gasteiger partial charge on any atom is 0.238 e. The Morgan fingerprint density at radius 2 is 1.46 bits per heavy atom. The number of rotatable bonds is 5. The zero-order chi connectivity index (χ0) is 18.5. The number of nitrogens with zero attached hydrogens (tertiary/aromatic N) is 2. The standard InChI is InChI=1S/C22H29N3O/c1-17-7-9-20(10-8-17)15-24-11-13-25(14-12-24)16-21(26)23-22-18(2)5-4-6-19(22)3/h4-10H,11-16H2,1-3H3,(H,23,26). The summed E-state index contributed by atoms with van der Waals surface area (Å²) in [5, 5.41) is 3.09. The number of amides is 1. The van der Waals surface area contributed by atoms with E-state index in [9.17, 15) is 4.79 Å². The van der Waals surface area contributed by atoms with E-state index in [1.54, 1.807) is 0 Å². The molecule has 0 atom stereocenters. The molecule has 0 saturated carbocycles. The Labute approximate surface area is 156 Å². The minimum atomic E-state index is 0.0781. The summed E-state index contributed by atoms with van der Waals surface area (Å²) in [5.74, 6) is 0.0781. The lowest BCUT2D eigenvalue weighted by atomic mass is 10.1. The number of para-hydroxylation sites is 1. The topological polar surface area (TPSA) is 35.6 Å². The van der Waals surface area contributed by atoms with E-state index in [2.05, 4.69) is 46.3 Å². The molecule has 0 aromatic heterocycles. The molecule has 0 aliphatic carbocycles. The fourth-order valence-corrected chi connectivity index (χ4v) is 3.45. The van der Waals surface area contributed by atoms with Gasteiger partial charge < -0.3 is 5.32 Å². The number of nitrogens with one attached hydrogen (secondary N) is 1. The third kappa shape index (κ3) is 4.93. The highest BCUT2D eigenvalue weighted by Gasteiger charge is 2.19. The van der Waals surface area contributed by atoms with E-state index >= 15 is 0 Å². The van der Waals surface area contributed by atoms with Crippen LogP contribution in [0.3, 0.4) is 0 Å². The Hall–Kier alpha value is -2.17. The van der Waals surface area contributed by atoms with Crippen molar-refractivity contribution in [2.45, 2.75) is 27.3 Å². The van der Waals surface area contributed by atoms with Crippen LogP contribution < -0.4 is 5.32 Å². The van der Waals surface area contributed by atoms with Gasteiger partial charge in [-0.2, -0.15) is 0 Å². The molecular weight excluding hydrogens is 322 g/mol. The van der Waals surface area contributed by atoms with Crippen molar-refractivity contribution in [1.29, 1.82) is 0 Å². The Morgan fingerprint density at radius 1 is 0.885 bits per heavy atom. The zero-order valence-corrected chi connectivity index (χ0v) is 16.1. The highest BCUT2D eigenvalue weighted by molar-refractivity contribution is 5.93. The lowest BCUT2D eigenvalue weighted by Gasteiger charge is -2.34. The van der Waals surface area contributed by atoms with Crippen molar-refractivity contribution in [3.63, 3.8) is 0 Å². The Morgan fingerprint density at radius 3 is 2.08 bits per heavy atom. The van der Waals surface area contributed by atoms with Crippen LogP contribution in [0.2, 0.25) is 0 Å². The fourth-order valence-electron chi connectivity index (χ4n) is 3.45. The molecule has 1 amide bonds. The molecule has 1 aliphatic heterocycles. The first-order valence-corrected chi connectivity index (χ1v) is 9.37. The smallest absolute Gasteiger partial charge is 0.238 e. The molecule has 1 saturated heterocycles. The molecule has 4 heteroatoms. The van der Waals surface area contributed by atoms with E-state index in [1.807, 2.05) is 32.0 Å². The van der Waals surface area contributed by atoms with Crippen LogP contribution in [0.4, 0.5) is 5.69 Å². The minimum absolute atomic E-state index is 0.0781. The molecule has 26 heavy (non-hydrogen) atoms. The van der Waals surface area contributed by atoms with E-state index < -0.39 is 0 Å². The van der Waals surface area contributed by atoms with E-state index in [0.29, 0.717) is 6.54 Å². The van der Waals surface area contributed by atoms with Gasteiger partial charge in [0.1, 0.15) is 0 Å². The number of piperazine rings is 1. The predicted octanol–water partition coefficient (Wildman–Crippen LogP) is 3.37. The van der Waals surface area contributed by atoms with Crippen molar-refractivity contribution < 1.29 is 4.79 Å². The van der Waals surface area contributed by atoms with Gasteiger partial charge >= 0.3 is 0 Å². The van der Waals surface area contributed by atoms with E-state index in [1.165, 1.54) is 11.1 Å². The predicted molar refractivity (Wildman–Crippen MR) is 107 cm³/mol. The average molecular weight is 351 g/mol. The summed E-state index contributed by atoms with van der Waals surface area (Å²) in [5.41, 5.74) is 5.84. The molecule has 1 aliphatic rings. The molecule has 0 unspecified atom stereocenters. The lowest BCUT2D eigenvalue weighted by molar-refractivity contribution is -0.117.